The maximum absolute atomic E-state index is 12.1. The van der Waals surface area contributed by atoms with Crippen LogP contribution in [0.3, 0.4) is 0 Å². The van der Waals surface area contributed by atoms with Crippen molar-refractivity contribution >= 4 is 33.5 Å². The maximum atomic E-state index is 12.1. The van der Waals surface area contributed by atoms with Gasteiger partial charge in [-0.2, -0.15) is 0 Å². The molecule has 1 aliphatic heterocycles. The lowest BCUT2D eigenvalue weighted by molar-refractivity contribution is -0.126. The van der Waals surface area contributed by atoms with Crippen LogP contribution >= 0.6 is 15.9 Å². The van der Waals surface area contributed by atoms with E-state index in [0.29, 0.717) is 22.3 Å². The number of hydrogen-bond donors (Lipinski definition) is 1. The lowest BCUT2D eigenvalue weighted by Crippen LogP contribution is -2.27. The van der Waals surface area contributed by atoms with Crippen LogP contribution in [0.25, 0.3) is 0 Å². The van der Waals surface area contributed by atoms with E-state index in [1.54, 1.807) is 25.1 Å². The molecule has 1 aliphatic rings. The zero-order valence-electron chi connectivity index (χ0n) is 12.0. The summed E-state index contributed by atoms with van der Waals surface area (Å²) in [5.74, 6) is -0.548. The topological polar surface area (TPSA) is 64.6 Å². The SMILES string of the molecule is CCOC(=O)c1ccc(NC(=O)C2CCC(C)O2)c(Br)c1. The number of carbonyl (C=O) groups is 2. The maximum Gasteiger partial charge on any atom is 0.338 e. The average molecular weight is 356 g/mol. The van der Waals surface area contributed by atoms with Gasteiger partial charge in [0.15, 0.2) is 0 Å². The first-order valence-electron chi connectivity index (χ1n) is 6.94. The Labute approximate surface area is 132 Å². The van der Waals surface area contributed by atoms with Crippen molar-refractivity contribution in [2.24, 2.45) is 0 Å². The van der Waals surface area contributed by atoms with Crippen LogP contribution in [0, 0.1) is 0 Å². The van der Waals surface area contributed by atoms with Crippen molar-refractivity contribution in [2.45, 2.75) is 38.9 Å². The highest BCUT2D eigenvalue weighted by molar-refractivity contribution is 9.10. The van der Waals surface area contributed by atoms with Gasteiger partial charge in [-0.15, -0.1) is 0 Å². The van der Waals surface area contributed by atoms with Gasteiger partial charge >= 0.3 is 5.97 Å². The highest BCUT2D eigenvalue weighted by Crippen LogP contribution is 2.26. The summed E-state index contributed by atoms with van der Waals surface area (Å²) in [4.78, 5) is 23.7. The molecule has 0 bridgehead atoms. The van der Waals surface area contributed by atoms with Crippen LogP contribution < -0.4 is 5.32 Å². The standard InChI is InChI=1S/C15H18BrNO4/c1-3-20-15(19)10-5-6-12(11(16)8-10)17-14(18)13-7-4-9(2)21-13/h5-6,8-9,13H,3-4,7H2,1-2H3,(H,17,18). The lowest BCUT2D eigenvalue weighted by atomic mass is 10.2. The van der Waals surface area contributed by atoms with Gasteiger partial charge in [-0.05, 0) is 60.8 Å². The summed E-state index contributed by atoms with van der Waals surface area (Å²) >= 11 is 3.35. The van der Waals surface area contributed by atoms with Crippen LogP contribution in [0.5, 0.6) is 0 Å². The molecule has 0 saturated carbocycles. The molecule has 0 spiro atoms. The number of ether oxygens (including phenoxy) is 2. The molecule has 2 atom stereocenters. The summed E-state index contributed by atoms with van der Waals surface area (Å²) < 4.78 is 11.1. The van der Waals surface area contributed by atoms with E-state index in [0.717, 1.165) is 12.8 Å². The molecule has 1 heterocycles. The minimum atomic E-state index is -0.406. The van der Waals surface area contributed by atoms with Crippen molar-refractivity contribution < 1.29 is 19.1 Å². The Balaban J connectivity index is 2.04. The molecule has 2 unspecified atom stereocenters. The molecule has 1 fully saturated rings. The Morgan fingerprint density at radius 2 is 2.19 bits per heavy atom. The number of carbonyl (C=O) groups excluding carboxylic acids is 2. The van der Waals surface area contributed by atoms with Crippen LogP contribution in [0.15, 0.2) is 22.7 Å². The highest BCUT2D eigenvalue weighted by atomic mass is 79.9. The van der Waals surface area contributed by atoms with Gasteiger partial charge in [-0.1, -0.05) is 0 Å². The predicted octanol–water partition coefficient (Wildman–Crippen LogP) is 3.13. The Bertz CT molecular complexity index is 546. The van der Waals surface area contributed by atoms with Gasteiger partial charge in [0.2, 0.25) is 0 Å². The fraction of sp³-hybridized carbons (Fsp3) is 0.467. The van der Waals surface area contributed by atoms with Crippen LogP contribution in [-0.2, 0) is 14.3 Å². The van der Waals surface area contributed by atoms with Crippen LogP contribution in [0.1, 0.15) is 37.0 Å². The molecule has 1 aromatic rings. The first kappa shape index (κ1) is 16.0. The minimum absolute atomic E-state index is 0.121. The van der Waals surface area contributed by atoms with Crippen LogP contribution in [0.4, 0.5) is 5.69 Å². The summed E-state index contributed by atoms with van der Waals surface area (Å²) in [6, 6.07) is 4.93. The molecular formula is C15H18BrNO4. The Morgan fingerprint density at radius 1 is 1.43 bits per heavy atom. The molecule has 1 saturated heterocycles. The van der Waals surface area contributed by atoms with E-state index in [4.69, 9.17) is 9.47 Å². The number of rotatable bonds is 4. The fourth-order valence-electron chi connectivity index (χ4n) is 2.17. The van der Waals surface area contributed by atoms with Gasteiger partial charge in [0.05, 0.1) is 24.0 Å². The van der Waals surface area contributed by atoms with Gasteiger partial charge < -0.3 is 14.8 Å². The normalized spacial score (nSPS) is 21.1. The molecule has 0 radical (unpaired) electrons. The second-order valence-corrected chi connectivity index (χ2v) is 5.77. The van der Waals surface area contributed by atoms with Crippen LogP contribution in [0.2, 0.25) is 0 Å². The first-order chi connectivity index (χ1) is 10.0. The van der Waals surface area contributed by atoms with Gasteiger partial charge in [0, 0.05) is 4.47 Å². The quantitative estimate of drug-likeness (QED) is 0.842. The third-order valence-electron chi connectivity index (χ3n) is 3.26. The molecule has 0 aromatic heterocycles. The third kappa shape index (κ3) is 4.04. The zero-order valence-corrected chi connectivity index (χ0v) is 13.6. The van der Waals surface area contributed by atoms with E-state index in [1.165, 1.54) is 0 Å². The van der Waals surface area contributed by atoms with E-state index in [2.05, 4.69) is 21.2 Å². The van der Waals surface area contributed by atoms with Crippen molar-refractivity contribution in [3.8, 4) is 0 Å². The van der Waals surface area contributed by atoms with Crippen molar-refractivity contribution in [3.05, 3.63) is 28.2 Å². The van der Waals surface area contributed by atoms with Crippen LogP contribution in [-0.4, -0.2) is 30.7 Å². The molecule has 1 aromatic carbocycles. The Hall–Kier alpha value is -1.40. The minimum Gasteiger partial charge on any atom is -0.462 e. The second kappa shape index (κ2) is 7.04. The second-order valence-electron chi connectivity index (χ2n) is 4.92. The van der Waals surface area contributed by atoms with E-state index >= 15 is 0 Å². The number of anilines is 1. The van der Waals surface area contributed by atoms with Crippen molar-refractivity contribution in [2.75, 3.05) is 11.9 Å². The number of amides is 1. The summed E-state index contributed by atoms with van der Waals surface area (Å²) in [5, 5.41) is 2.81. The molecule has 1 amide bonds. The largest absolute Gasteiger partial charge is 0.462 e. The van der Waals surface area contributed by atoms with Crippen molar-refractivity contribution in [1.29, 1.82) is 0 Å². The number of nitrogens with one attached hydrogen (secondary N) is 1. The number of benzene rings is 1. The van der Waals surface area contributed by atoms with E-state index in [9.17, 15) is 9.59 Å². The third-order valence-corrected chi connectivity index (χ3v) is 3.92. The summed E-state index contributed by atoms with van der Waals surface area (Å²) in [5.41, 5.74) is 1.05. The molecule has 21 heavy (non-hydrogen) atoms. The Morgan fingerprint density at radius 3 is 2.76 bits per heavy atom. The molecular weight excluding hydrogens is 338 g/mol. The first-order valence-corrected chi connectivity index (χ1v) is 7.73. The summed E-state index contributed by atoms with van der Waals surface area (Å²) in [6.45, 7) is 4.04. The smallest absolute Gasteiger partial charge is 0.338 e. The van der Waals surface area contributed by atoms with Crippen molar-refractivity contribution in [3.63, 3.8) is 0 Å². The number of halogens is 1. The number of hydrogen-bond acceptors (Lipinski definition) is 4. The summed E-state index contributed by atoms with van der Waals surface area (Å²) in [7, 11) is 0. The molecule has 1 N–H and O–H groups in total. The fourth-order valence-corrected chi connectivity index (χ4v) is 2.64. The van der Waals surface area contributed by atoms with E-state index in [-0.39, 0.29) is 18.0 Å². The molecule has 5 nitrogen and oxygen atoms in total. The van der Waals surface area contributed by atoms with Gasteiger partial charge in [-0.3, -0.25) is 4.79 Å². The van der Waals surface area contributed by atoms with Gasteiger partial charge in [0.1, 0.15) is 6.10 Å². The lowest BCUT2D eigenvalue weighted by Gasteiger charge is -2.13. The summed E-state index contributed by atoms with van der Waals surface area (Å²) in [6.07, 6.45) is 1.33. The molecule has 2 rings (SSSR count). The Kier molecular flexibility index (Phi) is 5.36. The van der Waals surface area contributed by atoms with Gasteiger partial charge in [0.25, 0.3) is 5.91 Å². The monoisotopic (exact) mass is 355 g/mol. The highest BCUT2D eigenvalue weighted by Gasteiger charge is 2.28. The number of esters is 1. The zero-order chi connectivity index (χ0) is 15.4. The molecule has 6 heteroatoms. The molecule has 0 aliphatic carbocycles. The van der Waals surface area contributed by atoms with E-state index in [1.807, 2.05) is 6.92 Å². The van der Waals surface area contributed by atoms with E-state index < -0.39 is 6.10 Å². The molecule has 114 valence electrons. The predicted molar refractivity (Wildman–Crippen MR) is 82.3 cm³/mol. The van der Waals surface area contributed by atoms with Gasteiger partial charge in [-0.25, -0.2) is 4.79 Å². The average Bonchev–Trinajstić information content (AvgIpc) is 2.88. The van der Waals surface area contributed by atoms with Crippen molar-refractivity contribution in [1.82, 2.24) is 0 Å².